The van der Waals surface area contributed by atoms with E-state index in [0.29, 0.717) is 0 Å². The molecule has 3 aromatic carbocycles. The van der Waals surface area contributed by atoms with E-state index in [9.17, 15) is 0 Å². The van der Waals surface area contributed by atoms with Gasteiger partial charge in [-0.25, -0.2) is 0 Å². The van der Waals surface area contributed by atoms with Crippen molar-refractivity contribution in [3.05, 3.63) is 91.0 Å². The van der Waals surface area contributed by atoms with Crippen LogP contribution in [0, 0.1) is 0 Å². The van der Waals surface area contributed by atoms with Gasteiger partial charge < -0.3 is 17.0 Å². The summed E-state index contributed by atoms with van der Waals surface area (Å²) < 4.78 is 0. The number of benzene rings is 3. The molecule has 0 saturated carbocycles. The smallest absolute Gasteiger partial charge is 0.112 e. The summed E-state index contributed by atoms with van der Waals surface area (Å²) in [5.41, 5.74) is 0. The standard InChI is InChI=1S/C38H55BrP.BrH/c39-34-26-15-13-11-9-7-5-3-1-2-4-6-8-10-12-14-16-27-35-40(36-28-20-17-21-29-36,37-30-22-18-23-31-37)38-32-24-19-25-33-38;/h17-25,28-33H,1-16,26-27,34-35H2;1H/q+1;/p-1. The summed E-state index contributed by atoms with van der Waals surface area (Å²) in [6, 6.07) is 34.1. The Balaban J connectivity index is 0.00000588. The van der Waals surface area contributed by atoms with E-state index in [4.69, 9.17) is 0 Å². The Kier molecular flexibility index (Phi) is 20.8. The van der Waals surface area contributed by atoms with E-state index in [1.54, 1.807) is 0 Å². The molecule has 0 spiro atoms. The zero-order valence-corrected chi connectivity index (χ0v) is 29.6. The highest BCUT2D eigenvalue weighted by Crippen LogP contribution is 2.56. The highest BCUT2D eigenvalue weighted by molar-refractivity contribution is 9.09. The number of halogens is 2. The molecule has 0 bridgehead atoms. The molecule has 0 atom stereocenters. The lowest BCUT2D eigenvalue weighted by Crippen LogP contribution is -3.00. The minimum absolute atomic E-state index is 0. The molecule has 0 unspecified atom stereocenters. The molecule has 3 rings (SSSR count). The van der Waals surface area contributed by atoms with E-state index in [1.165, 1.54) is 143 Å². The largest absolute Gasteiger partial charge is 1.00 e. The minimum atomic E-state index is -1.65. The third-order valence-corrected chi connectivity index (χ3v) is 13.6. The van der Waals surface area contributed by atoms with E-state index in [-0.39, 0.29) is 17.0 Å². The molecule has 0 nitrogen and oxygen atoms in total. The Bertz CT molecular complexity index is 880. The van der Waals surface area contributed by atoms with Crippen molar-refractivity contribution >= 4 is 39.1 Å². The summed E-state index contributed by atoms with van der Waals surface area (Å²) in [7, 11) is -1.65. The maximum Gasteiger partial charge on any atom is 0.112 e. The minimum Gasteiger partial charge on any atom is -1.00 e. The molecular weight excluding hydrogens is 647 g/mol. The normalized spacial score (nSPS) is 11.3. The second-order valence-corrected chi connectivity index (χ2v) is 16.0. The van der Waals surface area contributed by atoms with Crippen molar-refractivity contribution in [2.75, 3.05) is 11.5 Å². The summed E-state index contributed by atoms with van der Waals surface area (Å²) in [6.45, 7) is 0. The van der Waals surface area contributed by atoms with Crippen molar-refractivity contribution in [1.82, 2.24) is 0 Å². The zero-order chi connectivity index (χ0) is 28.0. The van der Waals surface area contributed by atoms with Crippen LogP contribution < -0.4 is 32.9 Å². The van der Waals surface area contributed by atoms with Crippen LogP contribution in [0.4, 0.5) is 0 Å². The van der Waals surface area contributed by atoms with Crippen LogP contribution in [0.5, 0.6) is 0 Å². The zero-order valence-electron chi connectivity index (χ0n) is 25.5. The van der Waals surface area contributed by atoms with Crippen LogP contribution in [0.15, 0.2) is 91.0 Å². The fraction of sp³-hybridized carbons (Fsp3) is 0.526. The van der Waals surface area contributed by atoms with E-state index in [0.717, 1.165) is 0 Å². The van der Waals surface area contributed by atoms with Crippen molar-refractivity contribution in [1.29, 1.82) is 0 Å². The number of hydrogen-bond acceptors (Lipinski definition) is 0. The molecule has 3 aromatic rings. The van der Waals surface area contributed by atoms with Crippen LogP contribution in [0.25, 0.3) is 0 Å². The Morgan fingerprint density at radius 3 is 0.854 bits per heavy atom. The summed E-state index contributed by atoms with van der Waals surface area (Å²) >= 11 is 3.53. The second kappa shape index (κ2) is 23.5. The lowest BCUT2D eigenvalue weighted by atomic mass is 10.0. The summed E-state index contributed by atoms with van der Waals surface area (Å²) in [4.78, 5) is 0. The van der Waals surface area contributed by atoms with Crippen molar-refractivity contribution in [2.45, 2.75) is 116 Å². The molecular formula is C38H55Br2P. The molecule has 3 heteroatoms. The maximum absolute atomic E-state index is 3.53. The molecule has 0 saturated heterocycles. The molecule has 0 aliphatic rings. The second-order valence-electron chi connectivity index (χ2n) is 11.6. The van der Waals surface area contributed by atoms with Gasteiger partial charge in [-0.05, 0) is 55.7 Å². The highest BCUT2D eigenvalue weighted by atomic mass is 79.9. The average Bonchev–Trinajstić information content (AvgIpc) is 3.01. The van der Waals surface area contributed by atoms with E-state index in [2.05, 4.69) is 107 Å². The van der Waals surface area contributed by atoms with E-state index in [1.807, 2.05) is 0 Å². The molecule has 0 fully saturated rings. The quantitative estimate of drug-likeness (QED) is 0.0529. The van der Waals surface area contributed by atoms with Gasteiger partial charge in [-0.2, -0.15) is 0 Å². The lowest BCUT2D eigenvalue weighted by Gasteiger charge is -2.27. The molecule has 0 aliphatic carbocycles. The monoisotopic (exact) mass is 700 g/mol. The number of rotatable bonds is 23. The van der Waals surface area contributed by atoms with Gasteiger partial charge in [0.15, 0.2) is 0 Å². The third kappa shape index (κ3) is 13.5. The summed E-state index contributed by atoms with van der Waals surface area (Å²) in [6.07, 6.45) is 26.8. The molecule has 226 valence electrons. The molecule has 0 aliphatic heterocycles. The third-order valence-electron chi connectivity index (χ3n) is 8.47. The van der Waals surface area contributed by atoms with Gasteiger partial charge in [-0.1, -0.05) is 167 Å². The first-order valence-corrected chi connectivity index (χ1v) is 19.6. The Labute approximate surface area is 272 Å². The van der Waals surface area contributed by atoms with Crippen LogP contribution in [-0.4, -0.2) is 11.5 Å². The first-order valence-electron chi connectivity index (χ1n) is 16.5. The van der Waals surface area contributed by atoms with Gasteiger partial charge >= 0.3 is 0 Å². The van der Waals surface area contributed by atoms with Crippen molar-refractivity contribution < 1.29 is 17.0 Å². The lowest BCUT2D eigenvalue weighted by molar-refractivity contribution is -0.00000809. The van der Waals surface area contributed by atoms with Crippen LogP contribution in [-0.2, 0) is 0 Å². The molecule has 0 aromatic heterocycles. The SMILES string of the molecule is BrCCCCCCCCCCCCCCCCCCCC[P+](c1ccccc1)(c1ccccc1)c1ccccc1.[Br-]. The van der Waals surface area contributed by atoms with Crippen molar-refractivity contribution in [3.8, 4) is 0 Å². The van der Waals surface area contributed by atoms with Gasteiger partial charge in [0.2, 0.25) is 0 Å². The molecule has 0 radical (unpaired) electrons. The fourth-order valence-electron chi connectivity index (χ4n) is 6.15. The Morgan fingerprint density at radius 2 is 0.585 bits per heavy atom. The van der Waals surface area contributed by atoms with Crippen LogP contribution in [0.1, 0.15) is 116 Å². The molecule has 0 heterocycles. The fourth-order valence-corrected chi connectivity index (χ4v) is 11.0. The van der Waals surface area contributed by atoms with Gasteiger partial charge in [0.25, 0.3) is 0 Å². The average molecular weight is 703 g/mol. The van der Waals surface area contributed by atoms with Crippen LogP contribution >= 0.6 is 23.2 Å². The molecule has 0 N–H and O–H groups in total. The first kappa shape index (κ1) is 36.2. The van der Waals surface area contributed by atoms with E-state index >= 15 is 0 Å². The van der Waals surface area contributed by atoms with Crippen molar-refractivity contribution in [3.63, 3.8) is 0 Å². The molecule has 0 amide bonds. The summed E-state index contributed by atoms with van der Waals surface area (Å²) in [5, 5.41) is 5.74. The summed E-state index contributed by atoms with van der Waals surface area (Å²) in [5.74, 6) is 0. The van der Waals surface area contributed by atoms with Crippen LogP contribution in [0.3, 0.4) is 0 Å². The highest BCUT2D eigenvalue weighted by Gasteiger charge is 2.44. The predicted octanol–water partition coefficient (Wildman–Crippen LogP) is 8.40. The maximum atomic E-state index is 3.53. The number of hydrogen-bond donors (Lipinski definition) is 0. The first-order chi connectivity index (χ1) is 19.9. The predicted molar refractivity (Wildman–Crippen MR) is 187 cm³/mol. The van der Waals surface area contributed by atoms with Gasteiger partial charge in [-0.3, -0.25) is 0 Å². The molecule has 41 heavy (non-hydrogen) atoms. The van der Waals surface area contributed by atoms with E-state index < -0.39 is 7.26 Å². The Hall–Kier alpha value is -0.950. The van der Waals surface area contributed by atoms with Gasteiger partial charge in [0.05, 0.1) is 6.16 Å². The van der Waals surface area contributed by atoms with Gasteiger partial charge in [0, 0.05) is 5.33 Å². The van der Waals surface area contributed by atoms with Crippen molar-refractivity contribution in [2.24, 2.45) is 0 Å². The Morgan fingerprint density at radius 1 is 0.341 bits per heavy atom. The number of unbranched alkanes of at least 4 members (excludes halogenated alkanes) is 17. The van der Waals surface area contributed by atoms with Crippen LogP contribution in [0.2, 0.25) is 0 Å². The van der Waals surface area contributed by atoms with Gasteiger partial charge in [0.1, 0.15) is 23.2 Å². The number of alkyl halides is 1. The topological polar surface area (TPSA) is 0 Å². The van der Waals surface area contributed by atoms with Gasteiger partial charge in [-0.15, -0.1) is 0 Å².